The second-order valence-corrected chi connectivity index (χ2v) is 9.65. The molecular weight excluding hydrogens is 460 g/mol. The van der Waals surface area contributed by atoms with E-state index in [0.29, 0.717) is 29.4 Å². The number of benzene rings is 2. The Morgan fingerprint density at radius 2 is 1.83 bits per heavy atom. The van der Waals surface area contributed by atoms with E-state index in [9.17, 15) is 9.59 Å². The maximum Gasteiger partial charge on any atom is 0.248 e. The van der Waals surface area contributed by atoms with E-state index in [-0.39, 0.29) is 24.3 Å². The first-order chi connectivity index (χ1) is 17.1. The van der Waals surface area contributed by atoms with Crippen molar-refractivity contribution in [2.45, 2.75) is 51.1 Å². The summed E-state index contributed by atoms with van der Waals surface area (Å²) in [5.41, 5.74) is 1.31. The molecule has 0 spiro atoms. The topological polar surface area (TPSA) is 67.9 Å². The Bertz CT molecular complexity index is 1130. The van der Waals surface area contributed by atoms with Crippen molar-refractivity contribution in [2.75, 3.05) is 18.6 Å². The maximum absolute atomic E-state index is 13.9. The van der Waals surface area contributed by atoms with Crippen molar-refractivity contribution in [3.63, 3.8) is 0 Å². The fourth-order valence-corrected chi connectivity index (χ4v) is 5.25. The van der Waals surface area contributed by atoms with Crippen LogP contribution < -0.4 is 19.7 Å². The summed E-state index contributed by atoms with van der Waals surface area (Å²) in [5, 5.41) is 5.17. The van der Waals surface area contributed by atoms with Gasteiger partial charge in [-0.05, 0) is 61.0 Å². The van der Waals surface area contributed by atoms with Crippen LogP contribution in [0.5, 0.6) is 11.5 Å². The smallest absolute Gasteiger partial charge is 0.248 e. The average Bonchev–Trinajstić information content (AvgIpc) is 3.57. The molecule has 1 fully saturated rings. The number of nitrogens with zero attached hydrogens (tertiary/aromatic N) is 1. The van der Waals surface area contributed by atoms with Crippen molar-refractivity contribution in [2.24, 2.45) is 0 Å². The highest BCUT2D eigenvalue weighted by Crippen LogP contribution is 2.33. The Labute approximate surface area is 210 Å². The molecule has 0 saturated heterocycles. The Morgan fingerprint density at radius 1 is 1.06 bits per heavy atom. The van der Waals surface area contributed by atoms with Crippen molar-refractivity contribution in [1.29, 1.82) is 0 Å². The molecule has 3 aromatic rings. The lowest BCUT2D eigenvalue weighted by Gasteiger charge is -2.32. The third kappa shape index (κ3) is 6.22. The molecule has 184 valence electrons. The van der Waals surface area contributed by atoms with Gasteiger partial charge in [0.05, 0.1) is 20.1 Å². The fourth-order valence-electron chi connectivity index (χ4n) is 4.55. The van der Waals surface area contributed by atoms with Crippen LogP contribution in [0.2, 0.25) is 0 Å². The van der Waals surface area contributed by atoms with Gasteiger partial charge in [-0.25, -0.2) is 0 Å². The predicted molar refractivity (Wildman–Crippen MR) is 139 cm³/mol. The highest BCUT2D eigenvalue weighted by atomic mass is 32.1. The van der Waals surface area contributed by atoms with Gasteiger partial charge in [-0.15, -0.1) is 11.3 Å². The summed E-state index contributed by atoms with van der Waals surface area (Å²) in [6.07, 6.45) is 4.32. The first-order valence-electron chi connectivity index (χ1n) is 12.1. The van der Waals surface area contributed by atoms with Crippen LogP contribution in [0.3, 0.4) is 0 Å². The van der Waals surface area contributed by atoms with Gasteiger partial charge in [-0.1, -0.05) is 37.1 Å². The molecule has 0 radical (unpaired) electrons. The summed E-state index contributed by atoms with van der Waals surface area (Å²) in [4.78, 5) is 30.3. The minimum atomic E-state index is -0.852. The van der Waals surface area contributed by atoms with E-state index in [4.69, 9.17) is 9.47 Å². The Hall–Kier alpha value is -3.32. The molecule has 7 heteroatoms. The van der Waals surface area contributed by atoms with Gasteiger partial charge < -0.3 is 14.8 Å². The van der Waals surface area contributed by atoms with Crippen molar-refractivity contribution >= 4 is 28.8 Å². The summed E-state index contributed by atoms with van der Waals surface area (Å²) in [5.74, 6) is 0.941. The first-order valence-corrected chi connectivity index (χ1v) is 13.0. The van der Waals surface area contributed by atoms with E-state index in [1.807, 2.05) is 73.0 Å². The number of thiophene rings is 1. The van der Waals surface area contributed by atoms with Gasteiger partial charge in [0.2, 0.25) is 11.8 Å². The molecule has 1 heterocycles. The lowest BCUT2D eigenvalue weighted by molar-refractivity contribution is -0.127. The molecule has 35 heavy (non-hydrogen) atoms. The third-order valence-corrected chi connectivity index (χ3v) is 7.08. The highest BCUT2D eigenvalue weighted by Gasteiger charge is 2.34. The molecule has 6 nitrogen and oxygen atoms in total. The zero-order valence-electron chi connectivity index (χ0n) is 20.2. The van der Waals surface area contributed by atoms with Crippen molar-refractivity contribution in [3.05, 3.63) is 76.5 Å². The van der Waals surface area contributed by atoms with Gasteiger partial charge in [0, 0.05) is 22.7 Å². The highest BCUT2D eigenvalue weighted by molar-refractivity contribution is 7.10. The quantitative estimate of drug-likeness (QED) is 0.404. The molecule has 2 amide bonds. The van der Waals surface area contributed by atoms with Crippen LogP contribution in [0.15, 0.2) is 66.0 Å². The zero-order chi connectivity index (χ0) is 24.6. The molecule has 0 bridgehead atoms. The van der Waals surface area contributed by atoms with E-state index in [1.165, 1.54) is 11.3 Å². The number of nitrogens with one attached hydrogen (secondary N) is 1. The van der Waals surface area contributed by atoms with Crippen LogP contribution in [0.1, 0.15) is 49.1 Å². The van der Waals surface area contributed by atoms with E-state index in [0.717, 1.165) is 30.6 Å². The van der Waals surface area contributed by atoms with Crippen LogP contribution in [-0.2, 0) is 16.0 Å². The van der Waals surface area contributed by atoms with Crippen molar-refractivity contribution in [3.8, 4) is 11.5 Å². The number of methoxy groups -OCH3 is 1. The van der Waals surface area contributed by atoms with E-state index in [2.05, 4.69) is 5.32 Å². The molecule has 1 atom stereocenters. The zero-order valence-corrected chi connectivity index (χ0v) is 21.1. The Balaban J connectivity index is 1.79. The first kappa shape index (κ1) is 24.8. The van der Waals surface area contributed by atoms with Crippen LogP contribution in [0, 0.1) is 0 Å². The largest absolute Gasteiger partial charge is 0.497 e. The molecule has 0 unspecified atom stereocenters. The molecule has 1 aliphatic carbocycles. The minimum Gasteiger partial charge on any atom is -0.497 e. The lowest BCUT2D eigenvalue weighted by Crippen LogP contribution is -2.46. The number of amides is 2. The van der Waals surface area contributed by atoms with Gasteiger partial charge in [-0.3, -0.25) is 14.5 Å². The van der Waals surface area contributed by atoms with Crippen molar-refractivity contribution in [1.82, 2.24) is 5.32 Å². The number of carbonyl (C=O) groups is 2. The monoisotopic (exact) mass is 492 g/mol. The van der Waals surface area contributed by atoms with Crippen LogP contribution in [0.4, 0.5) is 5.69 Å². The van der Waals surface area contributed by atoms with Gasteiger partial charge in [0.15, 0.2) is 0 Å². The normalized spacial score (nSPS) is 14.3. The van der Waals surface area contributed by atoms with Crippen LogP contribution in [0.25, 0.3) is 0 Å². The minimum absolute atomic E-state index is 0.125. The van der Waals surface area contributed by atoms with E-state index >= 15 is 0 Å². The fraction of sp³-hybridized carbons (Fsp3) is 0.357. The van der Waals surface area contributed by atoms with Gasteiger partial charge in [0.1, 0.15) is 17.5 Å². The SMILES string of the molecule is CCOc1cccc(N(C(=O)Cc2cccs2)[C@@H](C(=O)NC2CCCC2)c2cccc(OC)c2)c1. The van der Waals surface area contributed by atoms with Gasteiger partial charge in [0.25, 0.3) is 0 Å². The van der Waals surface area contributed by atoms with Crippen molar-refractivity contribution < 1.29 is 19.1 Å². The molecule has 1 aromatic heterocycles. The lowest BCUT2D eigenvalue weighted by atomic mass is 10.0. The Morgan fingerprint density at radius 3 is 2.54 bits per heavy atom. The number of hydrogen-bond donors (Lipinski definition) is 1. The van der Waals surface area contributed by atoms with Crippen LogP contribution >= 0.6 is 11.3 Å². The summed E-state index contributed by atoms with van der Waals surface area (Å²) in [7, 11) is 1.60. The van der Waals surface area contributed by atoms with Gasteiger partial charge in [-0.2, -0.15) is 0 Å². The molecule has 2 aromatic carbocycles. The number of carbonyl (C=O) groups excluding carboxylic acids is 2. The summed E-state index contributed by atoms with van der Waals surface area (Å²) >= 11 is 1.53. The van der Waals surface area contributed by atoms with Crippen LogP contribution in [-0.4, -0.2) is 31.6 Å². The molecule has 0 aliphatic heterocycles. The number of anilines is 1. The maximum atomic E-state index is 13.9. The molecular formula is C28H32N2O4S. The van der Waals surface area contributed by atoms with E-state index < -0.39 is 6.04 Å². The number of hydrogen-bond acceptors (Lipinski definition) is 5. The third-order valence-electron chi connectivity index (χ3n) is 6.20. The summed E-state index contributed by atoms with van der Waals surface area (Å²) in [6, 6.07) is 17.9. The molecule has 1 aliphatic rings. The average molecular weight is 493 g/mol. The Kier molecular flexibility index (Phi) is 8.42. The molecule has 1 saturated carbocycles. The number of rotatable bonds is 10. The standard InChI is InChI=1S/C28H32N2O4S/c1-3-34-24-14-7-12-22(18-24)30(26(31)19-25-15-8-16-35-25)27(20-9-6-13-23(17-20)33-2)28(32)29-21-10-4-5-11-21/h6-9,12-18,21,27H,3-5,10-11,19H2,1-2H3,(H,29,32)/t27-/m1/s1. The predicted octanol–water partition coefficient (Wildman–Crippen LogP) is 5.53. The summed E-state index contributed by atoms with van der Waals surface area (Å²) < 4.78 is 11.2. The second-order valence-electron chi connectivity index (χ2n) is 8.62. The number of ether oxygens (including phenoxy) is 2. The molecule has 1 N–H and O–H groups in total. The van der Waals surface area contributed by atoms with E-state index in [1.54, 1.807) is 12.0 Å². The van der Waals surface area contributed by atoms with Gasteiger partial charge >= 0.3 is 0 Å². The molecule has 4 rings (SSSR count). The second kappa shape index (κ2) is 11.9. The summed E-state index contributed by atoms with van der Waals surface area (Å²) in [6.45, 7) is 2.43.